The van der Waals surface area contributed by atoms with Gasteiger partial charge in [-0.25, -0.2) is 9.48 Å². The second kappa shape index (κ2) is 12.1. The molecule has 45 heavy (non-hydrogen) atoms. The summed E-state index contributed by atoms with van der Waals surface area (Å²) in [6, 6.07) is 15.7. The fourth-order valence-electron chi connectivity index (χ4n) is 5.19. The van der Waals surface area contributed by atoms with Gasteiger partial charge in [-0.15, -0.1) is 0 Å². The van der Waals surface area contributed by atoms with E-state index in [-0.39, 0.29) is 6.61 Å². The molecule has 0 spiro atoms. The number of alkyl halides is 2. The van der Waals surface area contributed by atoms with Crippen LogP contribution in [-0.2, 0) is 14.3 Å². The first-order chi connectivity index (χ1) is 21.6. The van der Waals surface area contributed by atoms with E-state index < -0.39 is 41.9 Å². The minimum atomic E-state index is -3.57. The van der Waals surface area contributed by atoms with E-state index in [0.29, 0.717) is 71.5 Å². The average Bonchev–Trinajstić information content (AvgIpc) is 3.64. The molecule has 1 aromatic heterocycles. The number of carbonyl (C=O) groups excluding carboxylic acids is 3. The monoisotopic (exact) mass is 620 g/mol. The number of carbonyl (C=O) groups is 3. The van der Waals surface area contributed by atoms with Gasteiger partial charge in [0.15, 0.2) is 11.5 Å². The van der Waals surface area contributed by atoms with Crippen LogP contribution in [0.4, 0.5) is 8.78 Å². The van der Waals surface area contributed by atoms with Crippen LogP contribution in [0.25, 0.3) is 16.6 Å². The zero-order valence-corrected chi connectivity index (χ0v) is 24.4. The van der Waals surface area contributed by atoms with Crippen LogP contribution in [0.15, 0.2) is 66.9 Å². The summed E-state index contributed by atoms with van der Waals surface area (Å²) in [4.78, 5) is 36.7. The third-order valence-electron chi connectivity index (χ3n) is 7.50. The molecule has 3 aromatic carbocycles. The molecule has 13 heteroatoms. The number of hydrogen-bond donors (Lipinski definition) is 2. The van der Waals surface area contributed by atoms with Gasteiger partial charge in [0.2, 0.25) is 0 Å². The molecular weight excluding hydrogens is 590 g/mol. The van der Waals surface area contributed by atoms with E-state index >= 15 is 0 Å². The molecule has 0 unspecified atom stereocenters. The first-order valence-electron chi connectivity index (χ1n) is 14.4. The molecule has 0 aliphatic carbocycles. The van der Waals surface area contributed by atoms with E-state index in [0.717, 1.165) is 0 Å². The van der Waals surface area contributed by atoms with Gasteiger partial charge in [-0.2, -0.15) is 13.9 Å². The topological polar surface area (TPSA) is 130 Å². The second-order valence-electron chi connectivity index (χ2n) is 10.9. The molecule has 11 nitrogen and oxygen atoms in total. The average molecular weight is 621 g/mol. The summed E-state index contributed by atoms with van der Waals surface area (Å²) in [5.74, 6) is -4.40. The van der Waals surface area contributed by atoms with Gasteiger partial charge in [0, 0.05) is 24.3 Å². The van der Waals surface area contributed by atoms with E-state index in [1.165, 1.54) is 0 Å². The van der Waals surface area contributed by atoms with Gasteiger partial charge in [0.1, 0.15) is 31.1 Å². The predicted molar refractivity (Wildman–Crippen MR) is 157 cm³/mol. The lowest BCUT2D eigenvalue weighted by molar-refractivity contribution is -0.144. The molecule has 2 aliphatic heterocycles. The number of aromatic nitrogens is 2. The Bertz CT molecular complexity index is 1770. The van der Waals surface area contributed by atoms with Gasteiger partial charge >= 0.3 is 11.9 Å². The third kappa shape index (κ3) is 6.37. The number of cyclic esters (lactones) is 1. The van der Waals surface area contributed by atoms with Gasteiger partial charge in [0.05, 0.1) is 30.0 Å². The van der Waals surface area contributed by atoms with Crippen LogP contribution in [0.2, 0.25) is 0 Å². The van der Waals surface area contributed by atoms with Crippen molar-refractivity contribution in [2.75, 3.05) is 19.8 Å². The van der Waals surface area contributed by atoms with Gasteiger partial charge in [-0.3, -0.25) is 9.59 Å². The third-order valence-corrected chi connectivity index (χ3v) is 7.50. The van der Waals surface area contributed by atoms with Crippen molar-refractivity contribution in [2.45, 2.75) is 44.4 Å². The minimum Gasteiger partial charge on any atom is -0.486 e. The summed E-state index contributed by atoms with van der Waals surface area (Å²) in [5.41, 5.74) is 2.27. The molecule has 2 aliphatic rings. The molecule has 0 radical (unpaired) electrons. The first kappa shape index (κ1) is 29.9. The highest BCUT2D eigenvalue weighted by Gasteiger charge is 2.35. The van der Waals surface area contributed by atoms with Crippen LogP contribution >= 0.6 is 0 Å². The zero-order chi connectivity index (χ0) is 31.7. The van der Waals surface area contributed by atoms with Crippen molar-refractivity contribution in [1.29, 1.82) is 0 Å². The smallest absolute Gasteiger partial charge is 0.328 e. The molecule has 2 N–H and O–H groups in total. The molecule has 234 valence electrons. The number of fused-ring (bicyclic) bond motifs is 2. The number of halogens is 2. The molecular formula is C32H30F2N4O7. The lowest BCUT2D eigenvalue weighted by Crippen LogP contribution is -2.46. The summed E-state index contributed by atoms with van der Waals surface area (Å²) in [7, 11) is 0. The van der Waals surface area contributed by atoms with Crippen LogP contribution in [0.3, 0.4) is 0 Å². The molecule has 1 fully saturated rings. The van der Waals surface area contributed by atoms with E-state index in [4.69, 9.17) is 18.9 Å². The maximum Gasteiger partial charge on any atom is 0.328 e. The standard InChI is InChI=1S/C32H30F2N4O7/c1-18(36-31(41)32(2,33)34)28(19-6-9-26-27(16-19)43-13-12-42-26)45-23-7-8-25-21(15-23)17-35-38(25)22-5-3-4-20(14-22)29(39)37-24-10-11-44-30(24)40/h3-9,14-18,24,28H,10-13H2,1-2H3,(H,36,41)(H,37,39)/t18-,24+,28-/m0/s1. The molecule has 3 atom stereocenters. The Balaban J connectivity index is 1.26. The summed E-state index contributed by atoms with van der Waals surface area (Å²) >= 11 is 0. The number of esters is 1. The maximum absolute atomic E-state index is 13.7. The molecule has 2 amide bonds. The van der Waals surface area contributed by atoms with Crippen LogP contribution in [0.1, 0.15) is 42.3 Å². The number of benzene rings is 3. The van der Waals surface area contributed by atoms with Crippen LogP contribution in [0.5, 0.6) is 17.2 Å². The van der Waals surface area contributed by atoms with Gasteiger partial charge in [-0.05, 0) is 61.0 Å². The Morgan fingerprint density at radius 1 is 1.02 bits per heavy atom. The van der Waals surface area contributed by atoms with Gasteiger partial charge in [0.25, 0.3) is 11.8 Å². The van der Waals surface area contributed by atoms with Crippen molar-refractivity contribution in [3.63, 3.8) is 0 Å². The number of nitrogens with zero attached hydrogens (tertiary/aromatic N) is 2. The van der Waals surface area contributed by atoms with Crippen molar-refractivity contribution in [3.05, 3.63) is 78.0 Å². The normalized spacial score (nSPS) is 17.3. The Morgan fingerprint density at radius 3 is 2.58 bits per heavy atom. The summed E-state index contributed by atoms with van der Waals surface area (Å²) in [6.07, 6.45) is 1.18. The zero-order valence-electron chi connectivity index (χ0n) is 24.4. The lowest BCUT2D eigenvalue weighted by atomic mass is 10.0. The van der Waals surface area contributed by atoms with Crippen LogP contribution < -0.4 is 24.8 Å². The Kier molecular flexibility index (Phi) is 8.00. The number of ether oxygens (including phenoxy) is 4. The quantitative estimate of drug-likeness (QED) is 0.268. The minimum absolute atomic E-state index is 0.272. The highest BCUT2D eigenvalue weighted by molar-refractivity contribution is 5.97. The van der Waals surface area contributed by atoms with Gasteiger partial charge < -0.3 is 29.6 Å². The highest BCUT2D eigenvalue weighted by atomic mass is 19.3. The number of hydrogen-bond acceptors (Lipinski definition) is 8. The molecule has 0 bridgehead atoms. The van der Waals surface area contributed by atoms with E-state index in [1.807, 2.05) is 0 Å². The lowest BCUT2D eigenvalue weighted by Gasteiger charge is -2.28. The summed E-state index contributed by atoms with van der Waals surface area (Å²) in [5, 5.41) is 10.3. The number of rotatable bonds is 9. The maximum atomic E-state index is 13.7. The van der Waals surface area contributed by atoms with Crippen molar-refractivity contribution in [3.8, 4) is 22.9 Å². The molecule has 1 saturated heterocycles. The molecule has 0 saturated carbocycles. The predicted octanol–water partition coefficient (Wildman–Crippen LogP) is 4.12. The fraction of sp³-hybridized carbons (Fsp3) is 0.312. The summed E-state index contributed by atoms with van der Waals surface area (Å²) in [6.45, 7) is 3.16. The number of nitrogens with one attached hydrogen (secondary N) is 2. The molecule has 3 heterocycles. The van der Waals surface area contributed by atoms with E-state index in [1.54, 1.807) is 78.5 Å². The van der Waals surface area contributed by atoms with E-state index in [2.05, 4.69) is 15.7 Å². The second-order valence-corrected chi connectivity index (χ2v) is 10.9. The van der Waals surface area contributed by atoms with Crippen molar-refractivity contribution in [1.82, 2.24) is 20.4 Å². The van der Waals surface area contributed by atoms with Crippen molar-refractivity contribution < 1.29 is 42.1 Å². The Hall–Kier alpha value is -5.20. The largest absolute Gasteiger partial charge is 0.486 e. The summed E-state index contributed by atoms with van der Waals surface area (Å²) < 4.78 is 51.7. The van der Waals surface area contributed by atoms with Gasteiger partial charge in [-0.1, -0.05) is 12.1 Å². The van der Waals surface area contributed by atoms with Crippen LogP contribution in [0, 0.1) is 0 Å². The highest BCUT2D eigenvalue weighted by Crippen LogP contribution is 2.36. The molecule has 6 rings (SSSR count). The molecule has 4 aromatic rings. The SMILES string of the molecule is C[C@H](NC(=O)C(C)(F)F)[C@H](Oc1ccc2c(cnn2-c2cccc(C(=O)N[C@@H]3CCOC3=O)c2)c1)c1ccc2c(c1)OCCO2. The van der Waals surface area contributed by atoms with E-state index in [9.17, 15) is 23.2 Å². The number of amides is 2. The van der Waals surface area contributed by atoms with Crippen molar-refractivity contribution in [2.24, 2.45) is 0 Å². The Labute approximate surface area is 256 Å². The Morgan fingerprint density at radius 2 is 1.82 bits per heavy atom. The van der Waals surface area contributed by atoms with Crippen molar-refractivity contribution >= 4 is 28.7 Å². The van der Waals surface area contributed by atoms with Crippen LogP contribution in [-0.4, -0.2) is 65.4 Å². The first-order valence-corrected chi connectivity index (χ1v) is 14.4. The fourth-order valence-corrected chi connectivity index (χ4v) is 5.19.